The first-order valence-corrected chi connectivity index (χ1v) is 6.60. The lowest BCUT2D eigenvalue weighted by Crippen LogP contribution is -2.44. The topological polar surface area (TPSA) is 71.8 Å². The van der Waals surface area contributed by atoms with Crippen molar-refractivity contribution in [3.63, 3.8) is 0 Å². The first-order chi connectivity index (χ1) is 8.75. The third-order valence-corrected chi connectivity index (χ3v) is 3.47. The Morgan fingerprint density at radius 3 is 3.22 bits per heavy atom. The van der Waals surface area contributed by atoms with Gasteiger partial charge in [-0.05, 0) is 38.8 Å². The van der Waals surface area contributed by atoms with Crippen LogP contribution in [0.4, 0.5) is 0 Å². The van der Waals surface area contributed by atoms with Gasteiger partial charge >= 0.3 is 0 Å². The van der Waals surface area contributed by atoms with Gasteiger partial charge in [0.15, 0.2) is 0 Å². The molecular weight excluding hydrogens is 230 g/mol. The van der Waals surface area contributed by atoms with E-state index in [9.17, 15) is 4.79 Å². The summed E-state index contributed by atoms with van der Waals surface area (Å²) in [6, 6.07) is 0.237. The average molecular weight is 251 g/mol. The van der Waals surface area contributed by atoms with Crippen molar-refractivity contribution in [1.29, 1.82) is 0 Å². The molecular formula is C12H21N5O. The van der Waals surface area contributed by atoms with Crippen LogP contribution in [0.25, 0.3) is 0 Å². The molecule has 1 aliphatic rings. The molecule has 2 atom stereocenters. The highest BCUT2D eigenvalue weighted by Gasteiger charge is 2.20. The second kappa shape index (κ2) is 6.49. The zero-order valence-corrected chi connectivity index (χ0v) is 10.8. The molecule has 2 rings (SSSR count). The summed E-state index contributed by atoms with van der Waals surface area (Å²) >= 11 is 0. The molecule has 0 aliphatic carbocycles. The van der Waals surface area contributed by atoms with Crippen molar-refractivity contribution >= 4 is 5.91 Å². The highest BCUT2D eigenvalue weighted by Crippen LogP contribution is 2.14. The van der Waals surface area contributed by atoms with E-state index in [1.165, 1.54) is 12.8 Å². The van der Waals surface area contributed by atoms with Crippen LogP contribution in [0.1, 0.15) is 26.2 Å². The van der Waals surface area contributed by atoms with E-state index in [1.54, 1.807) is 17.1 Å². The predicted molar refractivity (Wildman–Crippen MR) is 67.8 cm³/mol. The number of nitrogens with zero attached hydrogens (tertiary/aromatic N) is 3. The Morgan fingerprint density at radius 1 is 1.67 bits per heavy atom. The Kier molecular flexibility index (Phi) is 4.69. The zero-order chi connectivity index (χ0) is 12.8. The largest absolute Gasteiger partial charge is 0.353 e. The van der Waals surface area contributed by atoms with E-state index in [2.05, 4.69) is 27.9 Å². The fourth-order valence-corrected chi connectivity index (χ4v) is 2.32. The molecule has 1 saturated heterocycles. The van der Waals surface area contributed by atoms with Gasteiger partial charge in [-0.3, -0.25) is 9.48 Å². The number of nitrogens with one attached hydrogen (secondary N) is 2. The van der Waals surface area contributed by atoms with Gasteiger partial charge in [0.1, 0.15) is 0 Å². The van der Waals surface area contributed by atoms with Crippen LogP contribution in [0.2, 0.25) is 0 Å². The van der Waals surface area contributed by atoms with Crippen LogP contribution in [0, 0.1) is 5.92 Å². The molecule has 6 heteroatoms. The minimum absolute atomic E-state index is 0.0866. The predicted octanol–water partition coefficient (Wildman–Crippen LogP) is 0.172. The van der Waals surface area contributed by atoms with Gasteiger partial charge in [0, 0.05) is 18.7 Å². The Bertz CT molecular complexity index is 359. The Balaban J connectivity index is 1.69. The van der Waals surface area contributed by atoms with Gasteiger partial charge in [-0.25, -0.2) is 0 Å². The second-order valence-electron chi connectivity index (χ2n) is 4.88. The van der Waals surface area contributed by atoms with Gasteiger partial charge in [-0.1, -0.05) is 5.21 Å². The maximum atomic E-state index is 11.8. The number of aromatic nitrogens is 3. The molecule has 2 unspecified atom stereocenters. The molecule has 100 valence electrons. The fourth-order valence-electron chi connectivity index (χ4n) is 2.32. The smallest absolute Gasteiger partial charge is 0.222 e. The van der Waals surface area contributed by atoms with Gasteiger partial charge in [0.2, 0.25) is 5.91 Å². The van der Waals surface area contributed by atoms with Crippen LogP contribution in [0.3, 0.4) is 0 Å². The third kappa shape index (κ3) is 3.80. The molecule has 18 heavy (non-hydrogen) atoms. The summed E-state index contributed by atoms with van der Waals surface area (Å²) in [5.74, 6) is 0.637. The van der Waals surface area contributed by atoms with Crippen molar-refractivity contribution in [3.05, 3.63) is 12.4 Å². The molecule has 6 nitrogen and oxygen atoms in total. The summed E-state index contributed by atoms with van der Waals surface area (Å²) in [7, 11) is 0. The number of carbonyl (C=O) groups is 1. The Labute approximate surface area is 107 Å². The van der Waals surface area contributed by atoms with Crippen LogP contribution >= 0.6 is 0 Å². The van der Waals surface area contributed by atoms with Crippen molar-refractivity contribution in [3.8, 4) is 0 Å². The molecule has 2 N–H and O–H groups in total. The summed E-state index contributed by atoms with van der Waals surface area (Å²) in [6.45, 7) is 4.78. The molecule has 2 heterocycles. The molecule has 1 amide bonds. The van der Waals surface area contributed by atoms with Crippen molar-refractivity contribution in [1.82, 2.24) is 25.6 Å². The van der Waals surface area contributed by atoms with Crippen LogP contribution in [0.5, 0.6) is 0 Å². The lowest BCUT2D eigenvalue weighted by Gasteiger charge is -2.28. The molecule has 1 aliphatic heterocycles. The Hall–Kier alpha value is -1.43. The number of amides is 1. The maximum absolute atomic E-state index is 11.8. The minimum Gasteiger partial charge on any atom is -0.353 e. The zero-order valence-electron chi connectivity index (χ0n) is 10.8. The summed E-state index contributed by atoms with van der Waals surface area (Å²) < 4.78 is 1.67. The number of rotatable bonds is 5. The fraction of sp³-hybridized carbons (Fsp3) is 0.750. The summed E-state index contributed by atoms with van der Waals surface area (Å²) in [5, 5.41) is 14.0. The molecule has 1 fully saturated rings. The highest BCUT2D eigenvalue weighted by molar-refractivity contribution is 5.76. The summed E-state index contributed by atoms with van der Waals surface area (Å²) in [4.78, 5) is 11.8. The van der Waals surface area contributed by atoms with Crippen molar-refractivity contribution in [2.45, 2.75) is 38.8 Å². The first-order valence-electron chi connectivity index (χ1n) is 6.60. The average Bonchev–Trinajstić information content (AvgIpc) is 2.90. The summed E-state index contributed by atoms with van der Waals surface area (Å²) in [5.41, 5.74) is 0. The van der Waals surface area contributed by atoms with Gasteiger partial charge < -0.3 is 10.6 Å². The van der Waals surface area contributed by atoms with E-state index < -0.39 is 0 Å². The number of hydrogen-bond donors (Lipinski definition) is 2. The van der Waals surface area contributed by atoms with E-state index in [4.69, 9.17) is 0 Å². The number of carbonyl (C=O) groups excluding carboxylic acids is 1. The molecule has 0 spiro atoms. The standard InChI is InChI=1S/C12H21N5O/c1-10(11-3-2-5-13-9-11)15-12(18)4-7-17-8-6-14-16-17/h6,8,10-11,13H,2-5,7,9H2,1H3,(H,15,18). The molecule has 0 saturated carbocycles. The van der Waals surface area contributed by atoms with Crippen LogP contribution in [-0.4, -0.2) is 40.0 Å². The van der Waals surface area contributed by atoms with Gasteiger partial charge in [0.25, 0.3) is 0 Å². The lowest BCUT2D eigenvalue weighted by molar-refractivity contribution is -0.122. The van der Waals surface area contributed by atoms with Crippen molar-refractivity contribution in [2.75, 3.05) is 13.1 Å². The van der Waals surface area contributed by atoms with Crippen molar-refractivity contribution < 1.29 is 4.79 Å². The molecule has 1 aromatic rings. The molecule has 0 bridgehead atoms. The normalized spacial score (nSPS) is 21.5. The minimum atomic E-state index is 0.0866. The SMILES string of the molecule is CC(NC(=O)CCn1ccnn1)C1CCCNC1. The molecule has 0 radical (unpaired) electrons. The molecule has 1 aromatic heterocycles. The molecule has 0 aromatic carbocycles. The van der Waals surface area contributed by atoms with Crippen LogP contribution < -0.4 is 10.6 Å². The van der Waals surface area contributed by atoms with E-state index in [-0.39, 0.29) is 11.9 Å². The number of aryl methyl sites for hydroxylation is 1. The highest BCUT2D eigenvalue weighted by atomic mass is 16.1. The lowest BCUT2D eigenvalue weighted by atomic mass is 9.93. The van der Waals surface area contributed by atoms with Crippen molar-refractivity contribution in [2.24, 2.45) is 5.92 Å². The number of piperidine rings is 1. The van der Waals surface area contributed by atoms with Crippen LogP contribution in [-0.2, 0) is 11.3 Å². The van der Waals surface area contributed by atoms with Gasteiger partial charge in [-0.15, -0.1) is 5.10 Å². The quantitative estimate of drug-likeness (QED) is 0.782. The first kappa shape index (κ1) is 13.0. The Morgan fingerprint density at radius 2 is 2.56 bits per heavy atom. The summed E-state index contributed by atoms with van der Waals surface area (Å²) in [6.07, 6.45) is 6.23. The van der Waals surface area contributed by atoms with E-state index in [1.807, 2.05) is 0 Å². The third-order valence-electron chi connectivity index (χ3n) is 3.47. The maximum Gasteiger partial charge on any atom is 0.222 e. The monoisotopic (exact) mass is 251 g/mol. The van der Waals surface area contributed by atoms with Gasteiger partial charge in [0.05, 0.1) is 12.7 Å². The van der Waals surface area contributed by atoms with E-state index in [0.717, 1.165) is 13.1 Å². The second-order valence-corrected chi connectivity index (χ2v) is 4.88. The van der Waals surface area contributed by atoms with Crippen LogP contribution in [0.15, 0.2) is 12.4 Å². The number of hydrogen-bond acceptors (Lipinski definition) is 4. The van der Waals surface area contributed by atoms with Gasteiger partial charge in [-0.2, -0.15) is 0 Å². The van der Waals surface area contributed by atoms with E-state index >= 15 is 0 Å². The van der Waals surface area contributed by atoms with E-state index in [0.29, 0.717) is 18.9 Å².